The highest BCUT2D eigenvalue weighted by atomic mass is 19.3. The van der Waals surface area contributed by atoms with E-state index in [-0.39, 0.29) is 11.7 Å². The Morgan fingerprint density at radius 3 is 2.57 bits per heavy atom. The molecule has 1 aromatic heterocycles. The second kappa shape index (κ2) is 6.34. The van der Waals surface area contributed by atoms with Crippen molar-refractivity contribution >= 4 is 5.91 Å². The molecule has 1 aromatic carbocycles. The standard InChI is InChI=1S/C14H15F2N3O2/c1-9-12(7-17-18-9)13(20)19(2)8-10-3-5-11(6-4-10)21-14(15)16/h3-7,14H,8H2,1-2H3,(H,17,18). The van der Waals surface area contributed by atoms with Gasteiger partial charge < -0.3 is 9.64 Å². The Balaban J connectivity index is 2.01. The Labute approximate surface area is 120 Å². The van der Waals surface area contributed by atoms with Crippen molar-refractivity contribution in [1.82, 2.24) is 15.1 Å². The number of alkyl halides is 2. The molecular weight excluding hydrogens is 280 g/mol. The summed E-state index contributed by atoms with van der Waals surface area (Å²) in [6.07, 6.45) is 1.48. The second-order valence-corrected chi connectivity index (χ2v) is 4.59. The minimum atomic E-state index is -2.84. The maximum absolute atomic E-state index is 12.2. The SMILES string of the molecule is Cc1[nH]ncc1C(=O)N(C)Cc1ccc(OC(F)F)cc1. The van der Waals surface area contributed by atoms with Crippen LogP contribution in [0.15, 0.2) is 30.5 Å². The van der Waals surface area contributed by atoms with Crippen LogP contribution in [-0.2, 0) is 6.54 Å². The van der Waals surface area contributed by atoms with E-state index in [0.717, 1.165) is 5.56 Å². The van der Waals surface area contributed by atoms with Crippen LogP contribution in [0.2, 0.25) is 0 Å². The number of aromatic nitrogens is 2. The Hall–Kier alpha value is -2.44. The number of ether oxygens (including phenoxy) is 1. The topological polar surface area (TPSA) is 58.2 Å². The summed E-state index contributed by atoms with van der Waals surface area (Å²) < 4.78 is 28.4. The third-order valence-electron chi connectivity index (χ3n) is 2.98. The Morgan fingerprint density at radius 2 is 2.05 bits per heavy atom. The molecule has 0 radical (unpaired) electrons. The van der Waals surface area contributed by atoms with Gasteiger partial charge in [0.05, 0.1) is 11.8 Å². The van der Waals surface area contributed by atoms with Gasteiger partial charge in [0.25, 0.3) is 5.91 Å². The van der Waals surface area contributed by atoms with Crippen molar-refractivity contribution in [3.63, 3.8) is 0 Å². The normalized spacial score (nSPS) is 10.7. The van der Waals surface area contributed by atoms with Gasteiger partial charge in [-0.3, -0.25) is 9.89 Å². The van der Waals surface area contributed by atoms with Crippen LogP contribution in [-0.4, -0.2) is 34.7 Å². The highest BCUT2D eigenvalue weighted by Crippen LogP contribution is 2.16. The molecule has 1 amide bonds. The number of carbonyl (C=O) groups is 1. The van der Waals surface area contributed by atoms with Crippen molar-refractivity contribution in [3.8, 4) is 5.75 Å². The summed E-state index contributed by atoms with van der Waals surface area (Å²) in [5.74, 6) is -0.0671. The summed E-state index contributed by atoms with van der Waals surface area (Å²) in [7, 11) is 1.67. The maximum atomic E-state index is 12.2. The zero-order chi connectivity index (χ0) is 15.4. The first-order chi connectivity index (χ1) is 9.97. The number of nitrogens with one attached hydrogen (secondary N) is 1. The van der Waals surface area contributed by atoms with Gasteiger partial charge in [0.2, 0.25) is 0 Å². The number of hydrogen-bond donors (Lipinski definition) is 1. The monoisotopic (exact) mass is 295 g/mol. The maximum Gasteiger partial charge on any atom is 0.387 e. The largest absolute Gasteiger partial charge is 0.435 e. The van der Waals surface area contributed by atoms with E-state index in [2.05, 4.69) is 14.9 Å². The van der Waals surface area contributed by atoms with Gasteiger partial charge in [-0.1, -0.05) is 12.1 Å². The van der Waals surface area contributed by atoms with Crippen molar-refractivity contribution in [1.29, 1.82) is 0 Å². The number of aryl methyl sites for hydroxylation is 1. The molecule has 0 aliphatic rings. The fourth-order valence-corrected chi connectivity index (χ4v) is 1.89. The lowest BCUT2D eigenvalue weighted by Crippen LogP contribution is -2.26. The number of H-pyrrole nitrogens is 1. The molecule has 5 nitrogen and oxygen atoms in total. The molecule has 0 atom stereocenters. The molecule has 0 unspecified atom stereocenters. The smallest absolute Gasteiger partial charge is 0.387 e. The lowest BCUT2D eigenvalue weighted by molar-refractivity contribution is -0.0498. The molecule has 0 bridgehead atoms. The number of rotatable bonds is 5. The lowest BCUT2D eigenvalue weighted by atomic mass is 10.2. The first-order valence-corrected chi connectivity index (χ1v) is 6.26. The van der Waals surface area contributed by atoms with Gasteiger partial charge in [-0.25, -0.2) is 0 Å². The quantitative estimate of drug-likeness (QED) is 0.922. The van der Waals surface area contributed by atoms with E-state index in [1.807, 2.05) is 0 Å². The van der Waals surface area contributed by atoms with E-state index in [9.17, 15) is 13.6 Å². The van der Waals surface area contributed by atoms with Gasteiger partial charge >= 0.3 is 6.61 Å². The van der Waals surface area contributed by atoms with Gasteiger partial charge in [-0.15, -0.1) is 0 Å². The molecule has 21 heavy (non-hydrogen) atoms. The van der Waals surface area contributed by atoms with Crippen LogP contribution < -0.4 is 4.74 Å². The minimum Gasteiger partial charge on any atom is -0.435 e. The highest BCUT2D eigenvalue weighted by molar-refractivity contribution is 5.94. The number of amides is 1. The van der Waals surface area contributed by atoms with Crippen LogP contribution in [0, 0.1) is 6.92 Å². The molecule has 7 heteroatoms. The number of halogens is 2. The molecule has 1 heterocycles. The van der Waals surface area contributed by atoms with E-state index >= 15 is 0 Å². The summed E-state index contributed by atoms with van der Waals surface area (Å²) in [6.45, 7) is -0.715. The van der Waals surface area contributed by atoms with E-state index < -0.39 is 6.61 Å². The van der Waals surface area contributed by atoms with Crippen molar-refractivity contribution < 1.29 is 18.3 Å². The molecule has 2 rings (SSSR count). The van der Waals surface area contributed by atoms with E-state index in [0.29, 0.717) is 17.8 Å². The molecule has 2 aromatic rings. The Kier molecular flexibility index (Phi) is 4.52. The predicted octanol–water partition coefficient (Wildman–Crippen LogP) is 2.59. The molecule has 0 spiro atoms. The van der Waals surface area contributed by atoms with Crippen LogP contribution in [0.1, 0.15) is 21.6 Å². The number of nitrogens with zero attached hydrogens (tertiary/aromatic N) is 2. The Morgan fingerprint density at radius 1 is 1.38 bits per heavy atom. The molecular formula is C14H15F2N3O2. The zero-order valence-electron chi connectivity index (χ0n) is 11.6. The number of hydrogen-bond acceptors (Lipinski definition) is 3. The van der Waals surface area contributed by atoms with Crippen molar-refractivity contribution in [2.24, 2.45) is 0 Å². The fraction of sp³-hybridized carbons (Fsp3) is 0.286. The molecule has 112 valence electrons. The summed E-state index contributed by atoms with van der Waals surface area (Å²) in [6, 6.07) is 6.18. The Bertz CT molecular complexity index is 611. The van der Waals surface area contributed by atoms with Gasteiger partial charge in [0.15, 0.2) is 0 Å². The van der Waals surface area contributed by atoms with E-state index in [1.165, 1.54) is 23.2 Å². The summed E-state index contributed by atoms with van der Waals surface area (Å²) in [5, 5.41) is 6.52. The molecule has 0 aliphatic carbocycles. The average Bonchev–Trinajstić information content (AvgIpc) is 2.85. The average molecular weight is 295 g/mol. The molecule has 1 N–H and O–H groups in total. The third kappa shape index (κ3) is 3.77. The lowest BCUT2D eigenvalue weighted by Gasteiger charge is -2.17. The molecule has 0 saturated carbocycles. The van der Waals surface area contributed by atoms with Crippen LogP contribution in [0.5, 0.6) is 5.75 Å². The van der Waals surface area contributed by atoms with Crippen molar-refractivity contribution in [2.45, 2.75) is 20.1 Å². The van der Waals surface area contributed by atoms with Gasteiger partial charge in [-0.2, -0.15) is 13.9 Å². The van der Waals surface area contributed by atoms with Crippen molar-refractivity contribution in [2.75, 3.05) is 7.05 Å². The fourth-order valence-electron chi connectivity index (χ4n) is 1.89. The van der Waals surface area contributed by atoms with Gasteiger partial charge in [0, 0.05) is 19.3 Å². The number of carbonyl (C=O) groups excluding carboxylic acids is 1. The molecule has 0 saturated heterocycles. The molecule has 0 fully saturated rings. The summed E-state index contributed by atoms with van der Waals surface area (Å²) in [4.78, 5) is 13.7. The highest BCUT2D eigenvalue weighted by Gasteiger charge is 2.15. The predicted molar refractivity (Wildman–Crippen MR) is 72.2 cm³/mol. The summed E-state index contributed by atoms with van der Waals surface area (Å²) in [5.41, 5.74) is 2.02. The van der Waals surface area contributed by atoms with Crippen LogP contribution >= 0.6 is 0 Å². The van der Waals surface area contributed by atoms with Gasteiger partial charge in [-0.05, 0) is 24.6 Å². The first-order valence-electron chi connectivity index (χ1n) is 6.26. The molecule has 0 aliphatic heterocycles. The third-order valence-corrected chi connectivity index (χ3v) is 2.98. The van der Waals surface area contributed by atoms with E-state index in [1.54, 1.807) is 26.1 Å². The zero-order valence-corrected chi connectivity index (χ0v) is 11.6. The van der Waals surface area contributed by atoms with Crippen LogP contribution in [0.25, 0.3) is 0 Å². The van der Waals surface area contributed by atoms with Crippen molar-refractivity contribution in [3.05, 3.63) is 47.3 Å². The second-order valence-electron chi connectivity index (χ2n) is 4.59. The van der Waals surface area contributed by atoms with Crippen LogP contribution in [0.4, 0.5) is 8.78 Å². The van der Waals surface area contributed by atoms with Gasteiger partial charge in [0.1, 0.15) is 5.75 Å². The van der Waals surface area contributed by atoms with Crippen LogP contribution in [0.3, 0.4) is 0 Å². The number of aromatic amines is 1. The summed E-state index contributed by atoms with van der Waals surface area (Å²) >= 11 is 0. The first kappa shape index (κ1) is 15.0. The number of benzene rings is 1. The minimum absolute atomic E-state index is 0.0911. The van der Waals surface area contributed by atoms with E-state index in [4.69, 9.17) is 0 Å².